The van der Waals surface area contributed by atoms with Crippen LogP contribution >= 0.6 is 0 Å². The maximum absolute atomic E-state index is 2.36. The molecule has 2 aromatic rings. The first kappa shape index (κ1) is 35.0. The Balaban J connectivity index is -0.00000182. The van der Waals surface area contributed by atoms with E-state index in [9.17, 15) is 0 Å². The molecular formula is C25H39Cl3SiTi. The summed E-state index contributed by atoms with van der Waals surface area (Å²) in [5, 5.41) is 1.72. The summed E-state index contributed by atoms with van der Waals surface area (Å²) < 4.78 is 0. The van der Waals surface area contributed by atoms with Gasteiger partial charge in [0, 0.05) is 9.52 Å². The quantitative estimate of drug-likeness (QED) is 0.203. The van der Waals surface area contributed by atoms with E-state index in [4.69, 9.17) is 0 Å². The molecule has 0 nitrogen and oxygen atoms in total. The number of rotatable bonds is 7. The second-order valence-electron chi connectivity index (χ2n) is 8.39. The van der Waals surface area contributed by atoms with Crippen LogP contribution in [0.25, 0.3) is 0 Å². The van der Waals surface area contributed by atoms with E-state index in [2.05, 4.69) is 62.3 Å². The first-order valence-electron chi connectivity index (χ1n) is 10.5. The predicted octanol–water partition coefficient (Wildman–Crippen LogP) is -3.39. The maximum Gasteiger partial charge on any atom is 4.00 e. The van der Waals surface area contributed by atoms with Crippen molar-refractivity contribution < 1.29 is 58.9 Å². The Morgan fingerprint density at radius 2 is 1.10 bits per heavy atom. The van der Waals surface area contributed by atoms with Crippen molar-refractivity contribution >= 4 is 14.7 Å². The van der Waals surface area contributed by atoms with Crippen LogP contribution in [-0.2, 0) is 34.2 Å². The Kier molecular flexibility index (Phi) is 17.8. The van der Waals surface area contributed by atoms with Gasteiger partial charge in [-0.1, -0.05) is 64.6 Å². The average molecular weight is 522 g/mol. The van der Waals surface area contributed by atoms with E-state index in [1.807, 2.05) is 0 Å². The van der Waals surface area contributed by atoms with Gasteiger partial charge in [0.25, 0.3) is 0 Å². The standard InChI is InChI=1S/C25H39Si.3ClH.Ti/c1-10-11-12-13-23-19(6)18(5)20(7)24(23)14-26-25-21(8)16(3)15(2)17(4)22(25)9;;;;/h10-14,26H2,1-9H3;3*1H;/q-1;;;;+4/p-3. The van der Waals surface area contributed by atoms with Gasteiger partial charge in [0.2, 0.25) is 0 Å². The van der Waals surface area contributed by atoms with Gasteiger partial charge in [-0.2, -0.15) is 27.8 Å². The second kappa shape index (κ2) is 15.3. The van der Waals surface area contributed by atoms with Crippen LogP contribution < -0.4 is 42.4 Å². The molecule has 0 bridgehead atoms. The molecule has 0 heterocycles. The van der Waals surface area contributed by atoms with Gasteiger partial charge in [0.1, 0.15) is 0 Å². The van der Waals surface area contributed by atoms with Crippen molar-refractivity contribution in [1.82, 2.24) is 0 Å². The molecule has 0 aliphatic heterocycles. The molecule has 0 spiro atoms. The molecule has 2 aromatic carbocycles. The molecular weight excluding hydrogens is 483 g/mol. The topological polar surface area (TPSA) is 0 Å². The third-order valence-electron chi connectivity index (χ3n) is 7.21. The van der Waals surface area contributed by atoms with Crippen LogP contribution in [-0.4, -0.2) is 9.52 Å². The first-order valence-corrected chi connectivity index (χ1v) is 12.2. The molecule has 0 saturated heterocycles. The van der Waals surface area contributed by atoms with Crippen LogP contribution in [0.4, 0.5) is 0 Å². The summed E-state index contributed by atoms with van der Waals surface area (Å²) in [5.74, 6) is 0. The molecule has 5 heteroatoms. The Morgan fingerprint density at radius 1 is 0.633 bits per heavy atom. The Labute approximate surface area is 222 Å². The summed E-state index contributed by atoms with van der Waals surface area (Å²) in [4.78, 5) is 0. The SMILES string of the molecule is CCCCCc1c(C)c(C)c(C)[c-]1C[SiH2]c1c(C)c(C)c(C)c(C)c1C.[Cl-].[Cl-].[Cl-].[Ti+4]. The Hall–Kier alpha value is 0.371. The van der Waals surface area contributed by atoms with Gasteiger partial charge < -0.3 is 37.2 Å². The van der Waals surface area contributed by atoms with Crippen molar-refractivity contribution in [2.45, 2.75) is 94.0 Å². The summed E-state index contributed by atoms with van der Waals surface area (Å²) in [5.41, 5.74) is 15.8. The normalized spacial score (nSPS) is 10.3. The minimum absolute atomic E-state index is 0. The minimum Gasteiger partial charge on any atom is -1.00 e. The Morgan fingerprint density at radius 3 is 1.57 bits per heavy atom. The van der Waals surface area contributed by atoms with Gasteiger partial charge in [-0.15, -0.1) is 0 Å². The van der Waals surface area contributed by atoms with Crippen LogP contribution in [0.15, 0.2) is 0 Å². The van der Waals surface area contributed by atoms with Crippen LogP contribution in [0, 0.1) is 55.4 Å². The second-order valence-corrected chi connectivity index (χ2v) is 10.1. The Bertz CT molecular complexity index is 781. The van der Waals surface area contributed by atoms with Gasteiger partial charge in [-0.25, -0.2) is 0 Å². The average Bonchev–Trinajstić information content (AvgIpc) is 2.82. The number of benzene rings is 1. The van der Waals surface area contributed by atoms with Crippen molar-refractivity contribution in [3.63, 3.8) is 0 Å². The number of hydrogen-bond acceptors (Lipinski definition) is 0. The molecule has 0 aromatic heterocycles. The number of unbranched alkanes of at least 4 members (excludes halogenated alkanes) is 2. The van der Waals surface area contributed by atoms with E-state index < -0.39 is 0 Å². The summed E-state index contributed by atoms with van der Waals surface area (Å²) in [6.07, 6.45) is 5.29. The fourth-order valence-electron chi connectivity index (χ4n) is 4.62. The third-order valence-corrected chi connectivity index (χ3v) is 9.52. The molecule has 2 rings (SSSR count). The fraction of sp³-hybridized carbons (Fsp3) is 0.560. The third kappa shape index (κ3) is 7.19. The van der Waals surface area contributed by atoms with Gasteiger partial charge in [-0.3, -0.25) is 0 Å². The summed E-state index contributed by atoms with van der Waals surface area (Å²) in [6.45, 7) is 21.0. The molecule has 0 amide bonds. The van der Waals surface area contributed by atoms with Crippen molar-refractivity contribution in [2.75, 3.05) is 0 Å². The molecule has 0 aliphatic carbocycles. The zero-order valence-corrected chi connectivity index (χ0v) is 25.6. The van der Waals surface area contributed by atoms with E-state index in [0.29, 0.717) is 0 Å². The van der Waals surface area contributed by atoms with Crippen molar-refractivity contribution in [1.29, 1.82) is 0 Å². The zero-order chi connectivity index (χ0) is 19.6. The summed E-state index contributed by atoms with van der Waals surface area (Å²) >= 11 is 0. The minimum atomic E-state index is -0.300. The van der Waals surface area contributed by atoms with Crippen molar-refractivity contribution in [2.24, 2.45) is 0 Å². The number of halogens is 3. The van der Waals surface area contributed by atoms with E-state index in [1.54, 1.807) is 44.1 Å². The van der Waals surface area contributed by atoms with Crippen LogP contribution in [0.2, 0.25) is 0 Å². The summed E-state index contributed by atoms with van der Waals surface area (Å²) in [7, 11) is -0.300. The maximum atomic E-state index is 2.36. The molecule has 0 unspecified atom stereocenters. The monoisotopic (exact) mass is 520 g/mol. The van der Waals surface area contributed by atoms with Gasteiger partial charge in [0.05, 0.1) is 0 Å². The predicted molar refractivity (Wildman–Crippen MR) is 121 cm³/mol. The molecule has 0 radical (unpaired) electrons. The van der Waals surface area contributed by atoms with E-state index in [1.165, 1.54) is 48.4 Å². The van der Waals surface area contributed by atoms with Crippen LogP contribution in [0.5, 0.6) is 0 Å². The largest absolute Gasteiger partial charge is 4.00 e. The molecule has 0 atom stereocenters. The molecule has 0 fully saturated rings. The molecule has 0 N–H and O–H groups in total. The molecule has 168 valence electrons. The van der Waals surface area contributed by atoms with Gasteiger partial charge >= 0.3 is 21.7 Å². The first-order chi connectivity index (χ1) is 12.2. The molecule has 30 heavy (non-hydrogen) atoms. The van der Waals surface area contributed by atoms with Crippen LogP contribution in [0.3, 0.4) is 0 Å². The smallest absolute Gasteiger partial charge is 1.00 e. The zero-order valence-electron chi connectivity index (χ0n) is 20.4. The number of hydrogen-bond donors (Lipinski definition) is 0. The molecule has 0 saturated carbocycles. The van der Waals surface area contributed by atoms with E-state index >= 15 is 0 Å². The van der Waals surface area contributed by atoms with Gasteiger partial charge in [-0.05, 0) is 62.4 Å². The summed E-state index contributed by atoms with van der Waals surface area (Å²) in [6, 6.07) is 1.32. The van der Waals surface area contributed by atoms with Crippen LogP contribution in [0.1, 0.15) is 81.8 Å². The van der Waals surface area contributed by atoms with E-state index in [0.717, 1.165) is 0 Å². The van der Waals surface area contributed by atoms with Crippen molar-refractivity contribution in [3.05, 3.63) is 55.6 Å². The van der Waals surface area contributed by atoms with E-state index in [-0.39, 0.29) is 68.5 Å². The van der Waals surface area contributed by atoms with Crippen molar-refractivity contribution in [3.8, 4) is 0 Å². The van der Waals surface area contributed by atoms with Gasteiger partial charge in [0.15, 0.2) is 0 Å². The molecule has 0 aliphatic rings. The fourth-order valence-corrected chi connectivity index (χ4v) is 7.07.